The second-order valence-electron chi connectivity index (χ2n) is 10.4. The summed E-state index contributed by atoms with van der Waals surface area (Å²) in [4.78, 5) is 50.6. The van der Waals surface area contributed by atoms with Gasteiger partial charge < -0.3 is 9.84 Å². The number of aromatic nitrogens is 2. The van der Waals surface area contributed by atoms with E-state index in [1.165, 1.54) is 35.7 Å². The fourth-order valence-electron chi connectivity index (χ4n) is 6.54. The molecule has 1 saturated carbocycles. The fourth-order valence-corrected chi connectivity index (χ4v) is 9.05. The number of thioether (sulfide) groups is 1. The van der Waals surface area contributed by atoms with Gasteiger partial charge in [0.2, 0.25) is 0 Å². The van der Waals surface area contributed by atoms with Crippen LogP contribution in [0.2, 0.25) is 0 Å². The van der Waals surface area contributed by atoms with Gasteiger partial charge in [0.1, 0.15) is 16.8 Å². The van der Waals surface area contributed by atoms with Crippen LogP contribution in [0.15, 0.2) is 34.9 Å². The van der Waals surface area contributed by atoms with E-state index in [1.54, 1.807) is 12.1 Å². The molecule has 2 aromatic rings. The Morgan fingerprint density at radius 3 is 2.49 bits per heavy atom. The number of aliphatic carboxylic acids is 1. The molecule has 11 nitrogen and oxygen atoms in total. The number of nitro benzene ring substituents is 1. The minimum Gasteiger partial charge on any atom is -0.477 e. The molecule has 3 atom stereocenters. The minimum absolute atomic E-state index is 0.0691. The van der Waals surface area contributed by atoms with Crippen molar-refractivity contribution in [3.63, 3.8) is 0 Å². The number of hydrogen-bond acceptors (Lipinski definition) is 8. The predicted molar refractivity (Wildman–Crippen MR) is 143 cm³/mol. The SMILES string of the molecule is CC(=O)OC(c1nn(C)c2c1C1CCC2CC1)C1(Br)C(=O)N2C(C(=O)O)=C(Cc3ccc([N+](=O)[O-])cc3)S[C@@H]21. The number of halogens is 1. The monoisotopic (exact) mass is 616 g/mol. The average Bonchev–Trinajstić information content (AvgIpc) is 3.46. The normalized spacial score (nSPS) is 27.6. The van der Waals surface area contributed by atoms with Gasteiger partial charge in [-0.3, -0.25) is 29.3 Å². The summed E-state index contributed by atoms with van der Waals surface area (Å²) >= 11 is 4.86. The highest BCUT2D eigenvalue weighted by Crippen LogP contribution is 2.62. The van der Waals surface area contributed by atoms with Crippen molar-refractivity contribution in [3.05, 3.63) is 67.5 Å². The van der Waals surface area contributed by atoms with E-state index in [2.05, 4.69) is 15.9 Å². The Hall–Kier alpha value is -3.19. The highest BCUT2D eigenvalue weighted by atomic mass is 79.9. The van der Waals surface area contributed by atoms with Crippen molar-refractivity contribution in [3.8, 4) is 0 Å². The molecule has 13 heteroatoms. The number of carbonyl (C=O) groups excluding carboxylic acids is 2. The Bertz CT molecular complexity index is 1460. The average molecular weight is 617 g/mol. The van der Waals surface area contributed by atoms with Gasteiger partial charge in [-0.15, -0.1) is 11.8 Å². The number of amides is 1. The maximum atomic E-state index is 13.8. The van der Waals surface area contributed by atoms with Crippen molar-refractivity contribution in [2.24, 2.45) is 7.05 Å². The zero-order valence-electron chi connectivity index (χ0n) is 21.1. The number of fused-ring (bicyclic) bond motifs is 3. The number of benzene rings is 1. The van der Waals surface area contributed by atoms with Gasteiger partial charge in [-0.25, -0.2) is 4.79 Å². The largest absolute Gasteiger partial charge is 0.477 e. The molecule has 0 spiro atoms. The van der Waals surface area contributed by atoms with Crippen LogP contribution in [0.1, 0.15) is 73.1 Å². The highest BCUT2D eigenvalue weighted by Gasteiger charge is 2.71. The molecule has 2 aliphatic heterocycles. The lowest BCUT2D eigenvalue weighted by Crippen LogP contribution is -2.70. The lowest BCUT2D eigenvalue weighted by molar-refractivity contribution is -0.384. The standard InChI is InChI=1S/C26H25BrN4O7S/c1-12(32)38-22(19-18-14-5-7-15(8-6-14)20(18)29(2)28-19)26(27)24(35)30-21(23(33)34)17(39-25(26)30)11-13-3-9-16(10-4-13)31(36)37/h3-4,9-10,14-15,22,25H,5-8,11H2,1-2H3,(H,33,34)/t14?,15?,22?,25-,26?/m1/s1. The van der Waals surface area contributed by atoms with E-state index in [-0.39, 0.29) is 23.7 Å². The van der Waals surface area contributed by atoms with Crippen molar-refractivity contribution in [1.82, 2.24) is 14.7 Å². The smallest absolute Gasteiger partial charge is 0.353 e. The fraction of sp³-hybridized carbons (Fsp3) is 0.462. The number of ether oxygens (including phenoxy) is 1. The number of rotatable bonds is 7. The van der Waals surface area contributed by atoms with Crippen LogP contribution in [0.5, 0.6) is 0 Å². The van der Waals surface area contributed by atoms with Crippen LogP contribution >= 0.6 is 27.7 Å². The Morgan fingerprint density at radius 1 is 1.26 bits per heavy atom. The number of carboxylic acid groups (broad SMARTS) is 1. The third-order valence-electron chi connectivity index (χ3n) is 8.21. The van der Waals surface area contributed by atoms with Crippen molar-refractivity contribution in [2.45, 2.75) is 66.7 Å². The van der Waals surface area contributed by atoms with E-state index >= 15 is 0 Å². The highest BCUT2D eigenvalue weighted by molar-refractivity contribution is 9.10. The van der Waals surface area contributed by atoms with Crippen LogP contribution in [0, 0.1) is 10.1 Å². The van der Waals surface area contributed by atoms with Crippen molar-refractivity contribution in [2.75, 3.05) is 0 Å². The van der Waals surface area contributed by atoms with Crippen LogP contribution in [0.3, 0.4) is 0 Å². The quantitative estimate of drug-likeness (QED) is 0.158. The number of alkyl halides is 1. The van der Waals surface area contributed by atoms with Crippen LogP contribution in [0.4, 0.5) is 5.69 Å². The topological polar surface area (TPSA) is 145 Å². The maximum Gasteiger partial charge on any atom is 0.353 e. The van der Waals surface area contributed by atoms with Gasteiger partial charge >= 0.3 is 11.9 Å². The number of β-lactam (4-membered cyclic amide) rings is 1. The van der Waals surface area contributed by atoms with Gasteiger partial charge in [-0.2, -0.15) is 5.10 Å². The van der Waals surface area contributed by atoms with E-state index in [9.17, 15) is 29.6 Å². The molecule has 1 amide bonds. The zero-order valence-corrected chi connectivity index (χ0v) is 23.5. The number of aryl methyl sites for hydroxylation is 1. The molecule has 7 rings (SSSR count). The van der Waals surface area contributed by atoms with Crippen LogP contribution in [-0.4, -0.2) is 52.3 Å². The van der Waals surface area contributed by atoms with E-state index in [1.807, 2.05) is 11.7 Å². The lowest BCUT2D eigenvalue weighted by Gasteiger charge is -2.51. The zero-order chi connectivity index (χ0) is 27.8. The number of non-ortho nitro benzene ring substituents is 1. The molecular formula is C26H25BrN4O7S. The molecule has 2 fully saturated rings. The van der Waals surface area contributed by atoms with Crippen molar-refractivity contribution in [1.29, 1.82) is 0 Å². The summed E-state index contributed by atoms with van der Waals surface area (Å²) < 4.78 is 6.27. The Kier molecular flexibility index (Phi) is 6.14. The van der Waals surface area contributed by atoms with E-state index in [4.69, 9.17) is 9.84 Å². The van der Waals surface area contributed by atoms with Gasteiger partial charge in [0.25, 0.3) is 11.6 Å². The van der Waals surface area contributed by atoms with E-state index in [0.29, 0.717) is 22.1 Å². The Labute approximate surface area is 235 Å². The van der Waals surface area contributed by atoms with E-state index in [0.717, 1.165) is 36.9 Å². The molecule has 1 aromatic carbocycles. The van der Waals surface area contributed by atoms with Crippen LogP contribution in [-0.2, 0) is 32.6 Å². The summed E-state index contributed by atoms with van der Waals surface area (Å²) in [5.41, 5.74) is 3.21. The number of carbonyl (C=O) groups is 3. The molecular weight excluding hydrogens is 592 g/mol. The van der Waals surface area contributed by atoms with Crippen molar-refractivity contribution >= 4 is 51.2 Å². The maximum absolute atomic E-state index is 13.8. The van der Waals surface area contributed by atoms with Gasteiger partial charge in [0, 0.05) is 54.6 Å². The molecule has 2 unspecified atom stereocenters. The second-order valence-corrected chi connectivity index (χ2v) is 12.9. The first-order valence-electron chi connectivity index (χ1n) is 12.6. The molecule has 39 heavy (non-hydrogen) atoms. The number of nitrogens with zero attached hydrogens (tertiary/aromatic N) is 4. The third kappa shape index (κ3) is 3.84. The predicted octanol–water partition coefficient (Wildman–Crippen LogP) is 4.28. The molecule has 2 bridgehead atoms. The molecule has 204 valence electrons. The Morgan fingerprint density at radius 2 is 1.90 bits per heavy atom. The first-order chi connectivity index (χ1) is 18.5. The van der Waals surface area contributed by atoms with E-state index < -0.39 is 38.6 Å². The summed E-state index contributed by atoms with van der Waals surface area (Å²) in [7, 11) is 1.88. The molecule has 1 aromatic heterocycles. The van der Waals surface area contributed by atoms with Crippen LogP contribution in [0.25, 0.3) is 0 Å². The van der Waals surface area contributed by atoms with Crippen LogP contribution < -0.4 is 0 Å². The molecule has 1 saturated heterocycles. The summed E-state index contributed by atoms with van der Waals surface area (Å²) in [6.45, 7) is 1.29. The van der Waals surface area contributed by atoms with Gasteiger partial charge in [-0.05, 0) is 37.2 Å². The number of esters is 1. The minimum atomic E-state index is -1.42. The number of allylic oxidation sites excluding steroid dienone is 1. The third-order valence-corrected chi connectivity index (χ3v) is 11.1. The second kappa shape index (κ2) is 9.19. The molecule has 3 aliphatic carbocycles. The number of carboxylic acids is 1. The molecule has 3 heterocycles. The summed E-state index contributed by atoms with van der Waals surface area (Å²) in [5.74, 6) is -1.67. The molecule has 5 aliphatic rings. The summed E-state index contributed by atoms with van der Waals surface area (Å²) in [6.07, 6.45) is 3.32. The summed E-state index contributed by atoms with van der Waals surface area (Å²) in [6, 6.07) is 5.86. The van der Waals surface area contributed by atoms with Gasteiger partial charge in [0.05, 0.1) is 4.92 Å². The molecule has 0 radical (unpaired) electrons. The first-order valence-corrected chi connectivity index (χ1v) is 14.3. The van der Waals surface area contributed by atoms with Crippen molar-refractivity contribution < 1.29 is 29.2 Å². The van der Waals surface area contributed by atoms with Gasteiger partial charge in [0.15, 0.2) is 10.4 Å². The number of hydrogen-bond donors (Lipinski definition) is 1. The van der Waals surface area contributed by atoms with Gasteiger partial charge in [-0.1, -0.05) is 28.1 Å². The molecule has 1 N–H and O–H groups in total. The lowest BCUT2D eigenvalue weighted by atomic mass is 9.68. The first kappa shape index (κ1) is 26.1. The number of nitro groups is 1. The summed E-state index contributed by atoms with van der Waals surface area (Å²) in [5, 5.41) is 25.2. The Balaban J connectivity index is 1.37.